The van der Waals surface area contributed by atoms with Gasteiger partial charge in [0.05, 0.1) is 0 Å². The van der Waals surface area contributed by atoms with Crippen LogP contribution in [0.5, 0.6) is 0 Å². The smallest absolute Gasteiger partial charge is 0.0246 e. The first-order valence-corrected chi connectivity index (χ1v) is 7.11. The summed E-state index contributed by atoms with van der Waals surface area (Å²) < 4.78 is 0. The Kier molecular flexibility index (Phi) is 3.58. The van der Waals surface area contributed by atoms with Gasteiger partial charge in [-0.3, -0.25) is 0 Å². The van der Waals surface area contributed by atoms with E-state index in [2.05, 4.69) is 66.4 Å². The van der Waals surface area contributed by atoms with E-state index in [9.17, 15) is 0 Å². The fraction of sp³-hybridized carbons (Fsp3) is 0.263. The van der Waals surface area contributed by atoms with Crippen molar-refractivity contribution in [1.29, 1.82) is 0 Å². The molecule has 0 fully saturated rings. The van der Waals surface area contributed by atoms with Crippen LogP contribution in [0, 0.1) is 12.3 Å². The minimum atomic E-state index is 0.475. The molecular weight excluding hydrogens is 242 g/mol. The summed E-state index contributed by atoms with van der Waals surface area (Å²) in [5, 5.41) is 0. The number of rotatable bonds is 1. The summed E-state index contributed by atoms with van der Waals surface area (Å²) in [7, 11) is 2.18. The third-order valence-corrected chi connectivity index (χ3v) is 4.13. The predicted octanol–water partition coefficient (Wildman–Crippen LogP) is 3.64. The Morgan fingerprint density at radius 3 is 2.70 bits per heavy atom. The zero-order valence-electron chi connectivity index (χ0n) is 11.8. The van der Waals surface area contributed by atoms with Crippen LogP contribution in [0.3, 0.4) is 0 Å². The largest absolute Gasteiger partial charge is 0.302 e. The molecule has 0 bridgehead atoms. The molecule has 1 aliphatic rings. The molecule has 100 valence electrons. The first-order valence-electron chi connectivity index (χ1n) is 7.11. The van der Waals surface area contributed by atoms with Crippen molar-refractivity contribution in [3.63, 3.8) is 0 Å². The highest BCUT2D eigenvalue weighted by Gasteiger charge is 2.22. The van der Waals surface area contributed by atoms with Crippen LogP contribution in [0.2, 0.25) is 0 Å². The van der Waals surface area contributed by atoms with Crippen LogP contribution < -0.4 is 0 Å². The maximum Gasteiger partial charge on any atom is 0.0246 e. The Bertz CT molecular complexity index is 637. The van der Waals surface area contributed by atoms with Crippen molar-refractivity contribution in [1.82, 2.24) is 4.90 Å². The molecule has 0 aliphatic carbocycles. The lowest BCUT2D eigenvalue weighted by atomic mass is 9.86. The molecule has 0 saturated heterocycles. The standard InChI is InChI=1S/C19H19N/c1-3-15-9-10-18-17(13-15)14-20(2)12-11-19(18)16-7-5-4-6-8-16/h1,4-10,13,19H,11-12,14H2,2H3. The molecule has 0 saturated carbocycles. The molecule has 20 heavy (non-hydrogen) atoms. The van der Waals surface area contributed by atoms with Gasteiger partial charge >= 0.3 is 0 Å². The zero-order valence-corrected chi connectivity index (χ0v) is 11.8. The first kappa shape index (κ1) is 13.0. The van der Waals surface area contributed by atoms with E-state index in [0.717, 1.165) is 25.1 Å². The van der Waals surface area contributed by atoms with Gasteiger partial charge in [-0.05, 0) is 48.8 Å². The minimum absolute atomic E-state index is 0.475. The molecule has 0 radical (unpaired) electrons. The number of hydrogen-bond donors (Lipinski definition) is 0. The fourth-order valence-corrected chi connectivity index (χ4v) is 3.08. The molecule has 1 aliphatic heterocycles. The molecule has 0 aromatic heterocycles. The Hall–Kier alpha value is -2.04. The minimum Gasteiger partial charge on any atom is -0.302 e. The Morgan fingerprint density at radius 1 is 1.15 bits per heavy atom. The van der Waals surface area contributed by atoms with Crippen molar-refractivity contribution in [2.75, 3.05) is 13.6 Å². The summed E-state index contributed by atoms with van der Waals surface area (Å²) in [6, 6.07) is 17.3. The number of benzene rings is 2. The van der Waals surface area contributed by atoms with Gasteiger partial charge in [0.1, 0.15) is 0 Å². The quantitative estimate of drug-likeness (QED) is 0.708. The van der Waals surface area contributed by atoms with Crippen molar-refractivity contribution in [2.45, 2.75) is 18.9 Å². The second-order valence-corrected chi connectivity index (χ2v) is 5.55. The highest BCUT2D eigenvalue weighted by Crippen LogP contribution is 2.33. The Balaban J connectivity index is 2.08. The van der Waals surface area contributed by atoms with Gasteiger partial charge in [-0.2, -0.15) is 0 Å². The van der Waals surface area contributed by atoms with Crippen molar-refractivity contribution < 1.29 is 0 Å². The van der Waals surface area contributed by atoms with Crippen LogP contribution in [-0.4, -0.2) is 18.5 Å². The molecule has 1 heteroatoms. The number of hydrogen-bond acceptors (Lipinski definition) is 1. The zero-order chi connectivity index (χ0) is 13.9. The van der Waals surface area contributed by atoms with Crippen molar-refractivity contribution in [2.24, 2.45) is 0 Å². The normalized spacial score (nSPS) is 18.9. The van der Waals surface area contributed by atoms with Crippen LogP contribution in [0.4, 0.5) is 0 Å². The van der Waals surface area contributed by atoms with Crippen molar-refractivity contribution in [3.8, 4) is 12.3 Å². The van der Waals surface area contributed by atoms with Gasteiger partial charge in [-0.1, -0.05) is 42.3 Å². The summed E-state index contributed by atoms with van der Waals surface area (Å²) >= 11 is 0. The van der Waals surface area contributed by atoms with Gasteiger partial charge in [0, 0.05) is 18.0 Å². The van der Waals surface area contributed by atoms with E-state index in [1.165, 1.54) is 16.7 Å². The summed E-state index contributed by atoms with van der Waals surface area (Å²) in [4.78, 5) is 2.38. The lowest BCUT2D eigenvalue weighted by Gasteiger charge is -2.18. The third kappa shape index (κ3) is 2.48. The average molecular weight is 261 g/mol. The molecule has 1 atom stereocenters. The Morgan fingerprint density at radius 2 is 1.95 bits per heavy atom. The van der Waals surface area contributed by atoms with Crippen molar-refractivity contribution in [3.05, 3.63) is 70.8 Å². The van der Waals surface area contributed by atoms with Crippen LogP contribution in [0.1, 0.15) is 34.6 Å². The van der Waals surface area contributed by atoms with Gasteiger partial charge in [0.2, 0.25) is 0 Å². The second kappa shape index (κ2) is 5.53. The topological polar surface area (TPSA) is 3.24 Å². The van der Waals surface area contributed by atoms with Gasteiger partial charge in [0.25, 0.3) is 0 Å². The van der Waals surface area contributed by atoms with Crippen LogP contribution in [0.25, 0.3) is 0 Å². The lowest BCUT2D eigenvalue weighted by molar-refractivity contribution is 0.328. The molecule has 2 aromatic rings. The summed E-state index contributed by atoms with van der Waals surface area (Å²) in [5.41, 5.74) is 5.18. The second-order valence-electron chi connectivity index (χ2n) is 5.55. The maximum atomic E-state index is 5.54. The molecule has 3 rings (SSSR count). The molecule has 0 N–H and O–H groups in total. The lowest BCUT2D eigenvalue weighted by Crippen LogP contribution is -2.17. The third-order valence-electron chi connectivity index (χ3n) is 4.13. The number of nitrogens with zero attached hydrogens (tertiary/aromatic N) is 1. The molecule has 0 spiro atoms. The molecule has 1 nitrogen and oxygen atoms in total. The van der Waals surface area contributed by atoms with E-state index in [0.29, 0.717) is 5.92 Å². The van der Waals surface area contributed by atoms with E-state index >= 15 is 0 Å². The number of fused-ring (bicyclic) bond motifs is 1. The maximum absolute atomic E-state index is 5.54. The highest BCUT2D eigenvalue weighted by molar-refractivity contribution is 5.45. The van der Waals surface area contributed by atoms with E-state index in [4.69, 9.17) is 6.42 Å². The first-order chi connectivity index (χ1) is 9.78. The molecule has 2 aromatic carbocycles. The van der Waals surface area contributed by atoms with E-state index in [-0.39, 0.29) is 0 Å². The van der Waals surface area contributed by atoms with E-state index in [1.807, 2.05) is 0 Å². The molecule has 0 amide bonds. The van der Waals surface area contributed by atoms with Gasteiger partial charge in [-0.25, -0.2) is 0 Å². The summed E-state index contributed by atoms with van der Waals surface area (Å²) in [6.45, 7) is 2.09. The van der Waals surface area contributed by atoms with Gasteiger partial charge in [-0.15, -0.1) is 6.42 Å². The molecular formula is C19H19N. The SMILES string of the molecule is C#Cc1ccc2c(c1)CN(C)CCC2c1ccccc1. The average Bonchev–Trinajstić information content (AvgIpc) is 2.65. The Labute approximate surface area is 121 Å². The van der Waals surface area contributed by atoms with Crippen LogP contribution >= 0.6 is 0 Å². The monoisotopic (exact) mass is 261 g/mol. The van der Waals surface area contributed by atoms with Gasteiger partial charge in [0.15, 0.2) is 0 Å². The summed E-state index contributed by atoms with van der Waals surface area (Å²) in [5.74, 6) is 3.22. The highest BCUT2D eigenvalue weighted by atomic mass is 15.1. The summed E-state index contributed by atoms with van der Waals surface area (Å²) in [6.07, 6.45) is 6.69. The molecule has 1 heterocycles. The molecule has 1 unspecified atom stereocenters. The van der Waals surface area contributed by atoms with Crippen LogP contribution in [0.15, 0.2) is 48.5 Å². The van der Waals surface area contributed by atoms with E-state index in [1.54, 1.807) is 0 Å². The number of terminal acetylenes is 1. The van der Waals surface area contributed by atoms with E-state index < -0.39 is 0 Å². The fourth-order valence-electron chi connectivity index (χ4n) is 3.08. The van der Waals surface area contributed by atoms with Crippen molar-refractivity contribution >= 4 is 0 Å². The van der Waals surface area contributed by atoms with Crippen LogP contribution in [-0.2, 0) is 6.54 Å². The predicted molar refractivity (Wildman–Crippen MR) is 83.6 cm³/mol. The van der Waals surface area contributed by atoms with Gasteiger partial charge < -0.3 is 4.90 Å².